The summed E-state index contributed by atoms with van der Waals surface area (Å²) in [5.41, 5.74) is 0.556. The molecular weight excluding hydrogens is 296 g/mol. The second-order valence-corrected chi connectivity index (χ2v) is 4.54. The first-order valence-electron chi connectivity index (χ1n) is 6.23. The van der Waals surface area contributed by atoms with Crippen LogP contribution < -0.4 is 4.74 Å². The van der Waals surface area contributed by atoms with E-state index >= 15 is 0 Å². The molecule has 0 saturated carbocycles. The Bertz CT molecular complexity index is 667. The van der Waals surface area contributed by atoms with Gasteiger partial charge in [-0.15, -0.1) is 0 Å². The molecule has 1 aromatic carbocycles. The SMILES string of the molecule is CCc1noc(COc2ccc(Cl)cc2/C=C/C(=O)O)n1. The first kappa shape index (κ1) is 15.1. The zero-order chi connectivity index (χ0) is 15.2. The van der Waals surface area contributed by atoms with Gasteiger partial charge in [-0.05, 0) is 24.3 Å². The molecule has 7 heteroatoms. The maximum atomic E-state index is 10.6. The van der Waals surface area contributed by atoms with E-state index in [1.165, 1.54) is 6.08 Å². The molecule has 0 aliphatic carbocycles. The third-order valence-corrected chi connectivity index (χ3v) is 2.79. The van der Waals surface area contributed by atoms with E-state index in [2.05, 4.69) is 10.1 Å². The molecule has 1 aromatic heterocycles. The van der Waals surface area contributed by atoms with Crippen LogP contribution in [0.5, 0.6) is 5.75 Å². The molecule has 21 heavy (non-hydrogen) atoms. The average molecular weight is 309 g/mol. The number of carboxylic acid groups (broad SMARTS) is 1. The van der Waals surface area contributed by atoms with Crippen molar-refractivity contribution in [3.05, 3.63) is 46.6 Å². The Morgan fingerprint density at radius 3 is 3.00 bits per heavy atom. The molecule has 0 saturated heterocycles. The van der Waals surface area contributed by atoms with Gasteiger partial charge in [0.15, 0.2) is 12.4 Å². The Hall–Kier alpha value is -2.34. The maximum absolute atomic E-state index is 10.6. The van der Waals surface area contributed by atoms with Gasteiger partial charge >= 0.3 is 5.97 Å². The van der Waals surface area contributed by atoms with Gasteiger partial charge in [0.25, 0.3) is 5.89 Å². The molecule has 110 valence electrons. The van der Waals surface area contributed by atoms with Gasteiger partial charge in [0.1, 0.15) is 5.75 Å². The molecule has 2 aromatic rings. The predicted octanol–water partition coefficient (Wildman–Crippen LogP) is 2.96. The van der Waals surface area contributed by atoms with Crippen LogP contribution in [0.15, 0.2) is 28.8 Å². The van der Waals surface area contributed by atoms with Crippen molar-refractivity contribution in [2.45, 2.75) is 20.0 Å². The summed E-state index contributed by atoms with van der Waals surface area (Å²) in [6.45, 7) is 2.02. The van der Waals surface area contributed by atoms with Gasteiger partial charge in [-0.2, -0.15) is 4.98 Å². The third kappa shape index (κ3) is 4.32. The number of benzene rings is 1. The number of rotatable bonds is 6. The van der Waals surface area contributed by atoms with E-state index in [0.717, 1.165) is 6.08 Å². The molecule has 2 rings (SSSR count). The fraction of sp³-hybridized carbons (Fsp3) is 0.214. The molecular formula is C14H13ClN2O4. The molecule has 1 heterocycles. The van der Waals surface area contributed by atoms with Gasteiger partial charge in [0.2, 0.25) is 0 Å². The normalized spacial score (nSPS) is 11.0. The van der Waals surface area contributed by atoms with E-state index in [-0.39, 0.29) is 6.61 Å². The van der Waals surface area contributed by atoms with E-state index in [1.807, 2.05) is 6.92 Å². The Morgan fingerprint density at radius 1 is 1.52 bits per heavy atom. The minimum atomic E-state index is -1.05. The Morgan fingerprint density at radius 2 is 2.33 bits per heavy atom. The molecule has 0 aliphatic heterocycles. The highest BCUT2D eigenvalue weighted by Crippen LogP contribution is 2.25. The van der Waals surface area contributed by atoms with Crippen LogP contribution in [0.3, 0.4) is 0 Å². The van der Waals surface area contributed by atoms with Gasteiger partial charge < -0.3 is 14.4 Å². The van der Waals surface area contributed by atoms with Crippen LogP contribution in [0.1, 0.15) is 24.2 Å². The maximum Gasteiger partial charge on any atom is 0.328 e. The van der Waals surface area contributed by atoms with Gasteiger partial charge in [-0.1, -0.05) is 23.7 Å². The van der Waals surface area contributed by atoms with E-state index in [9.17, 15) is 4.79 Å². The Balaban J connectivity index is 2.13. The highest BCUT2D eigenvalue weighted by molar-refractivity contribution is 6.30. The number of hydrogen-bond donors (Lipinski definition) is 1. The lowest BCUT2D eigenvalue weighted by molar-refractivity contribution is -0.131. The number of hydrogen-bond acceptors (Lipinski definition) is 5. The number of carboxylic acids is 1. The standard InChI is InChI=1S/C14H13ClN2O4/c1-2-12-16-13(21-17-12)8-20-11-5-4-10(15)7-9(11)3-6-14(18)19/h3-7H,2,8H2,1H3,(H,18,19)/b6-3+. The molecule has 0 unspecified atom stereocenters. The van der Waals surface area contributed by atoms with E-state index in [1.54, 1.807) is 18.2 Å². The predicted molar refractivity (Wildman–Crippen MR) is 76.1 cm³/mol. The van der Waals surface area contributed by atoms with Gasteiger partial charge in [-0.25, -0.2) is 4.79 Å². The summed E-state index contributed by atoms with van der Waals surface area (Å²) in [5.74, 6) is 0.393. The molecule has 0 aliphatic rings. The summed E-state index contributed by atoms with van der Waals surface area (Å²) < 4.78 is 10.6. The zero-order valence-electron chi connectivity index (χ0n) is 11.2. The number of ether oxygens (including phenoxy) is 1. The first-order valence-corrected chi connectivity index (χ1v) is 6.61. The van der Waals surface area contributed by atoms with Crippen molar-refractivity contribution in [3.63, 3.8) is 0 Å². The molecule has 0 radical (unpaired) electrons. The number of aromatic nitrogens is 2. The van der Waals surface area contributed by atoms with Gasteiger partial charge in [-0.3, -0.25) is 0 Å². The summed E-state index contributed by atoms with van der Waals surface area (Å²) in [4.78, 5) is 14.7. The van der Waals surface area contributed by atoms with E-state index in [4.69, 9.17) is 26.0 Å². The first-order chi connectivity index (χ1) is 10.1. The highest BCUT2D eigenvalue weighted by atomic mass is 35.5. The number of halogens is 1. The van der Waals surface area contributed by atoms with Crippen LogP contribution in [0.4, 0.5) is 0 Å². The van der Waals surface area contributed by atoms with E-state index < -0.39 is 5.97 Å². The van der Waals surface area contributed by atoms with Crippen molar-refractivity contribution >= 4 is 23.6 Å². The fourth-order valence-corrected chi connectivity index (χ4v) is 1.75. The van der Waals surface area contributed by atoms with Crippen molar-refractivity contribution in [1.29, 1.82) is 0 Å². The number of nitrogens with zero attached hydrogens (tertiary/aromatic N) is 2. The monoisotopic (exact) mass is 308 g/mol. The van der Waals surface area contributed by atoms with Crippen molar-refractivity contribution in [1.82, 2.24) is 10.1 Å². The van der Waals surface area contributed by atoms with Crippen molar-refractivity contribution in [2.75, 3.05) is 0 Å². The Kier molecular flexibility index (Phi) is 4.94. The fourth-order valence-electron chi connectivity index (χ4n) is 1.57. The van der Waals surface area contributed by atoms with Crippen molar-refractivity contribution in [2.24, 2.45) is 0 Å². The second kappa shape index (κ2) is 6.90. The lowest BCUT2D eigenvalue weighted by atomic mass is 10.2. The van der Waals surface area contributed by atoms with Crippen LogP contribution in [0.2, 0.25) is 5.02 Å². The summed E-state index contributed by atoms with van der Waals surface area (Å²) in [7, 11) is 0. The van der Waals surface area contributed by atoms with Crippen LogP contribution in [-0.2, 0) is 17.8 Å². The molecule has 0 fully saturated rings. The zero-order valence-corrected chi connectivity index (χ0v) is 12.0. The topological polar surface area (TPSA) is 85.5 Å². The molecule has 6 nitrogen and oxygen atoms in total. The van der Waals surface area contributed by atoms with Crippen molar-refractivity contribution in [3.8, 4) is 5.75 Å². The van der Waals surface area contributed by atoms with E-state index in [0.29, 0.717) is 34.5 Å². The minimum Gasteiger partial charge on any atom is -0.483 e. The highest BCUT2D eigenvalue weighted by Gasteiger charge is 2.08. The summed E-state index contributed by atoms with van der Waals surface area (Å²) >= 11 is 5.89. The number of aliphatic carboxylic acids is 1. The van der Waals surface area contributed by atoms with Crippen LogP contribution in [-0.4, -0.2) is 21.2 Å². The van der Waals surface area contributed by atoms with Crippen LogP contribution in [0, 0.1) is 0 Å². The Labute approximate surface area is 126 Å². The molecule has 0 amide bonds. The number of carbonyl (C=O) groups is 1. The van der Waals surface area contributed by atoms with Gasteiger partial charge in [0, 0.05) is 23.1 Å². The molecule has 0 bridgehead atoms. The molecule has 0 atom stereocenters. The smallest absolute Gasteiger partial charge is 0.328 e. The van der Waals surface area contributed by atoms with Crippen LogP contribution >= 0.6 is 11.6 Å². The average Bonchev–Trinajstić information content (AvgIpc) is 2.92. The lowest BCUT2D eigenvalue weighted by Crippen LogP contribution is -1.98. The lowest BCUT2D eigenvalue weighted by Gasteiger charge is -2.07. The van der Waals surface area contributed by atoms with Crippen molar-refractivity contribution < 1.29 is 19.2 Å². The van der Waals surface area contributed by atoms with Crippen LogP contribution in [0.25, 0.3) is 6.08 Å². The summed E-state index contributed by atoms with van der Waals surface area (Å²) in [5, 5.41) is 12.9. The molecule has 1 N–H and O–H groups in total. The second-order valence-electron chi connectivity index (χ2n) is 4.10. The summed E-state index contributed by atoms with van der Waals surface area (Å²) in [6.07, 6.45) is 3.10. The minimum absolute atomic E-state index is 0.0997. The third-order valence-electron chi connectivity index (χ3n) is 2.55. The quantitative estimate of drug-likeness (QED) is 0.826. The number of aryl methyl sites for hydroxylation is 1. The van der Waals surface area contributed by atoms with Gasteiger partial charge in [0.05, 0.1) is 0 Å². The largest absolute Gasteiger partial charge is 0.483 e. The molecule has 0 spiro atoms. The summed E-state index contributed by atoms with van der Waals surface area (Å²) in [6, 6.07) is 4.92.